The number of aromatic nitrogens is 3. The number of benzene rings is 2. The monoisotopic (exact) mass is 306 g/mol. The molecule has 114 valence electrons. The molecular formula is C16H16N7+. The van der Waals surface area contributed by atoms with Gasteiger partial charge in [0.15, 0.2) is 0 Å². The molecule has 0 spiro atoms. The van der Waals surface area contributed by atoms with Gasteiger partial charge in [0, 0.05) is 7.05 Å². The van der Waals surface area contributed by atoms with Gasteiger partial charge in [0.05, 0.1) is 5.52 Å². The van der Waals surface area contributed by atoms with Crippen LogP contribution in [0.5, 0.6) is 0 Å². The van der Waals surface area contributed by atoms with Crippen molar-refractivity contribution in [1.29, 1.82) is 0 Å². The Morgan fingerprint density at radius 2 is 2.00 bits per heavy atom. The zero-order valence-corrected chi connectivity index (χ0v) is 12.7. The molecule has 2 heterocycles. The van der Waals surface area contributed by atoms with Crippen LogP contribution in [0, 0.1) is 0 Å². The van der Waals surface area contributed by atoms with E-state index in [4.69, 9.17) is 5.84 Å². The third-order valence-electron chi connectivity index (χ3n) is 3.96. The van der Waals surface area contributed by atoms with Gasteiger partial charge in [-0.1, -0.05) is 46.3 Å². The summed E-state index contributed by atoms with van der Waals surface area (Å²) >= 11 is 0. The second-order valence-corrected chi connectivity index (χ2v) is 5.53. The first-order valence-electron chi connectivity index (χ1n) is 7.32. The maximum Gasteiger partial charge on any atom is 0.365 e. The first-order chi connectivity index (χ1) is 11.2. The summed E-state index contributed by atoms with van der Waals surface area (Å²) in [7, 11) is 1.89. The Balaban J connectivity index is 1.83. The topological polar surface area (TPSA) is 75.3 Å². The molecule has 7 nitrogen and oxygen atoms in total. The van der Waals surface area contributed by atoms with Gasteiger partial charge in [-0.15, -0.1) is 10.1 Å². The molecule has 0 aliphatic carbocycles. The lowest BCUT2D eigenvalue weighted by Crippen LogP contribution is -2.30. The molecule has 4 rings (SSSR count). The second-order valence-electron chi connectivity index (χ2n) is 5.53. The fraction of sp³-hybridized carbons (Fsp3) is 0.188. The summed E-state index contributed by atoms with van der Waals surface area (Å²) < 4.78 is 3.22. The SMILES string of the molecule is Cn1nnc2ccc(C(c3ccccc3)N3C[N+](N)=C=N3)cc21. The summed E-state index contributed by atoms with van der Waals surface area (Å²) in [5, 5.41) is 14.4. The van der Waals surface area contributed by atoms with Crippen LogP contribution in [0.3, 0.4) is 0 Å². The van der Waals surface area contributed by atoms with Crippen LogP contribution < -0.4 is 5.84 Å². The van der Waals surface area contributed by atoms with Gasteiger partial charge in [-0.25, -0.2) is 4.68 Å². The minimum Gasteiger partial charge on any atom is -0.264 e. The highest BCUT2D eigenvalue weighted by Crippen LogP contribution is 2.30. The van der Waals surface area contributed by atoms with E-state index in [0.29, 0.717) is 6.67 Å². The number of aryl methyl sites for hydroxylation is 1. The molecule has 1 aliphatic heterocycles. The first-order valence-corrected chi connectivity index (χ1v) is 7.32. The molecule has 3 aromatic rings. The van der Waals surface area contributed by atoms with Gasteiger partial charge in [0.1, 0.15) is 16.7 Å². The Morgan fingerprint density at radius 1 is 1.17 bits per heavy atom. The Hall–Kier alpha value is -3.18. The predicted molar refractivity (Wildman–Crippen MR) is 85.4 cm³/mol. The average Bonchev–Trinajstić information content (AvgIpc) is 3.16. The van der Waals surface area contributed by atoms with E-state index in [9.17, 15) is 0 Å². The molecule has 0 radical (unpaired) electrons. The molecule has 0 amide bonds. The summed E-state index contributed by atoms with van der Waals surface area (Å²) in [6.45, 7) is 0.487. The molecule has 2 N–H and O–H groups in total. The molecule has 1 atom stereocenters. The number of nitrogens with two attached hydrogens (primary N) is 1. The van der Waals surface area contributed by atoms with Crippen LogP contribution in [0.25, 0.3) is 11.0 Å². The Morgan fingerprint density at radius 3 is 2.74 bits per heavy atom. The van der Waals surface area contributed by atoms with Crippen molar-refractivity contribution in [1.82, 2.24) is 20.0 Å². The summed E-state index contributed by atoms with van der Waals surface area (Å²) in [6, 6.07) is 19.1. The minimum absolute atomic E-state index is 0.0449. The molecule has 1 aromatic heterocycles. The molecule has 0 bridgehead atoms. The largest absolute Gasteiger partial charge is 0.365 e. The van der Waals surface area contributed by atoms with E-state index < -0.39 is 0 Å². The highest BCUT2D eigenvalue weighted by atomic mass is 15.6. The van der Waals surface area contributed by atoms with E-state index in [2.05, 4.69) is 45.7 Å². The number of hydrogen-bond acceptors (Lipinski definition) is 5. The standard InChI is InChI=1S/C16H16N7/c1-21-15-9-13(7-8-14(15)19-20-21)16(12-5-3-2-4-6-12)23-11-22(17)10-18-23/h2-9,16H,11,17H2,1H3/q+1. The smallest absolute Gasteiger partial charge is 0.264 e. The third kappa shape index (κ3) is 2.33. The fourth-order valence-corrected chi connectivity index (χ4v) is 2.86. The number of fused-ring (bicyclic) bond motifs is 1. The van der Waals surface area contributed by atoms with E-state index in [1.165, 1.54) is 4.68 Å². The van der Waals surface area contributed by atoms with Crippen LogP contribution in [0.2, 0.25) is 0 Å². The zero-order valence-electron chi connectivity index (χ0n) is 12.7. The van der Waals surface area contributed by atoms with E-state index in [0.717, 1.165) is 22.2 Å². The van der Waals surface area contributed by atoms with Crippen LogP contribution in [-0.2, 0) is 7.05 Å². The molecule has 23 heavy (non-hydrogen) atoms. The van der Waals surface area contributed by atoms with Crippen molar-refractivity contribution in [3.05, 3.63) is 59.7 Å². The molecule has 2 aromatic carbocycles. The molecular weight excluding hydrogens is 290 g/mol. The molecule has 1 unspecified atom stereocenters. The van der Waals surface area contributed by atoms with Gasteiger partial charge >= 0.3 is 6.01 Å². The number of hydrazine groups is 1. The number of rotatable bonds is 3. The molecule has 0 saturated carbocycles. The lowest BCUT2D eigenvalue weighted by molar-refractivity contribution is -0.546. The Labute approximate surface area is 132 Å². The molecule has 0 saturated heterocycles. The first kappa shape index (κ1) is 13.5. The third-order valence-corrected chi connectivity index (χ3v) is 3.96. The fourth-order valence-electron chi connectivity index (χ4n) is 2.86. The van der Waals surface area contributed by atoms with Crippen LogP contribution in [0.4, 0.5) is 0 Å². The Kier molecular flexibility index (Phi) is 3.06. The van der Waals surface area contributed by atoms with Gasteiger partial charge in [-0.2, -0.15) is 0 Å². The number of hydrogen-bond donors (Lipinski definition) is 1. The summed E-state index contributed by atoms with van der Waals surface area (Å²) in [5.41, 5.74) is 4.11. The van der Waals surface area contributed by atoms with Crippen LogP contribution in [0.1, 0.15) is 17.2 Å². The second kappa shape index (κ2) is 5.23. The van der Waals surface area contributed by atoms with Gasteiger partial charge in [0.25, 0.3) is 0 Å². The summed E-state index contributed by atoms with van der Waals surface area (Å²) in [5.74, 6) is 5.78. The molecule has 7 heteroatoms. The average molecular weight is 306 g/mol. The predicted octanol–water partition coefficient (Wildman–Crippen LogP) is 1.31. The van der Waals surface area contributed by atoms with Gasteiger partial charge < -0.3 is 0 Å². The van der Waals surface area contributed by atoms with Crippen LogP contribution in [0.15, 0.2) is 53.6 Å². The van der Waals surface area contributed by atoms with Crippen molar-refractivity contribution < 1.29 is 4.68 Å². The van der Waals surface area contributed by atoms with Crippen molar-refractivity contribution >= 4 is 17.0 Å². The van der Waals surface area contributed by atoms with Crippen molar-refractivity contribution in [3.8, 4) is 0 Å². The van der Waals surface area contributed by atoms with Crippen molar-refractivity contribution in [2.24, 2.45) is 18.0 Å². The highest BCUT2D eigenvalue weighted by molar-refractivity contribution is 5.75. The van der Waals surface area contributed by atoms with E-state index in [-0.39, 0.29) is 6.04 Å². The Bertz CT molecular complexity index is 922. The summed E-state index contributed by atoms with van der Waals surface area (Å²) in [4.78, 5) is 0. The lowest BCUT2D eigenvalue weighted by atomic mass is 9.98. The number of nitrogens with zero attached hydrogens (tertiary/aromatic N) is 6. The van der Waals surface area contributed by atoms with Gasteiger partial charge in [-0.3, -0.25) is 5.84 Å². The van der Waals surface area contributed by atoms with Crippen molar-refractivity contribution in [3.63, 3.8) is 0 Å². The van der Waals surface area contributed by atoms with E-state index in [1.807, 2.05) is 36.3 Å². The molecule has 0 fully saturated rings. The maximum atomic E-state index is 5.78. The highest BCUT2D eigenvalue weighted by Gasteiger charge is 2.30. The normalized spacial score (nSPS) is 15.2. The van der Waals surface area contributed by atoms with Crippen molar-refractivity contribution in [2.75, 3.05) is 6.67 Å². The summed E-state index contributed by atoms with van der Waals surface area (Å²) in [6.07, 6.45) is 0. The number of hydrazone groups is 2. The lowest BCUT2D eigenvalue weighted by Gasteiger charge is -2.21. The van der Waals surface area contributed by atoms with Gasteiger partial charge in [0.2, 0.25) is 6.67 Å². The van der Waals surface area contributed by atoms with Crippen LogP contribution in [-0.4, -0.2) is 37.4 Å². The van der Waals surface area contributed by atoms with E-state index >= 15 is 0 Å². The van der Waals surface area contributed by atoms with Gasteiger partial charge in [-0.05, 0) is 23.3 Å². The quantitative estimate of drug-likeness (QED) is 0.585. The molecule has 1 aliphatic rings. The maximum absolute atomic E-state index is 5.78. The van der Waals surface area contributed by atoms with E-state index in [1.54, 1.807) is 4.68 Å². The van der Waals surface area contributed by atoms with Crippen LogP contribution >= 0.6 is 0 Å². The zero-order chi connectivity index (χ0) is 15.8. The minimum atomic E-state index is -0.0449. The van der Waals surface area contributed by atoms with Crippen molar-refractivity contribution in [2.45, 2.75) is 6.04 Å².